The van der Waals surface area contributed by atoms with Crippen LogP contribution in [0.4, 0.5) is 11.4 Å². The predicted octanol–water partition coefficient (Wildman–Crippen LogP) is 3.12. The fourth-order valence-electron chi connectivity index (χ4n) is 2.55. The molecule has 0 spiro atoms. The van der Waals surface area contributed by atoms with Crippen LogP contribution in [0.5, 0.6) is 5.75 Å². The Morgan fingerprint density at radius 3 is 2.45 bits per heavy atom. The van der Waals surface area contributed by atoms with Crippen molar-refractivity contribution >= 4 is 45.1 Å². The first-order chi connectivity index (χ1) is 13.8. The molecule has 1 aromatic heterocycles. The number of carbonyl (C=O) groups is 2. The Labute approximate surface area is 170 Å². The van der Waals surface area contributed by atoms with Crippen molar-refractivity contribution in [2.75, 3.05) is 9.62 Å². The number of amides is 1. The number of phenols is 1. The fourth-order valence-corrected chi connectivity index (χ4v) is 4.95. The molecule has 8 nitrogen and oxygen atoms in total. The number of carbonyl (C=O) groups excluding carboxylic acids is 1. The SMILES string of the molecule is O=CN(Cc1ccc(S(=O)(=O)Nc2ccc(C(=O)O)c(O)c2)s1)c1ccccc1. The minimum Gasteiger partial charge on any atom is -0.507 e. The van der Waals surface area contributed by atoms with Gasteiger partial charge in [-0.25, -0.2) is 13.2 Å². The van der Waals surface area contributed by atoms with Gasteiger partial charge in [0, 0.05) is 16.6 Å². The Hall–Kier alpha value is -3.37. The molecule has 0 saturated heterocycles. The van der Waals surface area contributed by atoms with Gasteiger partial charge in [-0.2, -0.15) is 0 Å². The van der Waals surface area contributed by atoms with Gasteiger partial charge in [0.05, 0.1) is 12.2 Å². The van der Waals surface area contributed by atoms with Crippen LogP contribution in [0.2, 0.25) is 0 Å². The van der Waals surface area contributed by atoms with Crippen LogP contribution in [0.15, 0.2) is 64.9 Å². The molecule has 0 atom stereocenters. The average molecular weight is 432 g/mol. The van der Waals surface area contributed by atoms with E-state index in [2.05, 4.69) is 4.72 Å². The van der Waals surface area contributed by atoms with E-state index in [1.54, 1.807) is 30.3 Å². The summed E-state index contributed by atoms with van der Waals surface area (Å²) in [5.74, 6) is -1.87. The molecule has 0 radical (unpaired) electrons. The number of thiophene rings is 1. The molecule has 0 saturated carbocycles. The van der Waals surface area contributed by atoms with E-state index in [4.69, 9.17) is 5.11 Å². The molecule has 0 bridgehead atoms. The van der Waals surface area contributed by atoms with Gasteiger partial charge >= 0.3 is 5.97 Å². The second-order valence-electron chi connectivity index (χ2n) is 5.93. The van der Waals surface area contributed by atoms with Gasteiger partial charge in [0.2, 0.25) is 6.41 Å². The van der Waals surface area contributed by atoms with Gasteiger partial charge in [0.15, 0.2) is 0 Å². The number of anilines is 2. The van der Waals surface area contributed by atoms with E-state index in [0.717, 1.165) is 23.5 Å². The van der Waals surface area contributed by atoms with Crippen molar-refractivity contribution < 1.29 is 28.2 Å². The molecular weight excluding hydrogens is 416 g/mol. The first-order valence-corrected chi connectivity index (χ1v) is 10.5. The van der Waals surface area contributed by atoms with Crippen molar-refractivity contribution in [3.05, 3.63) is 71.1 Å². The van der Waals surface area contributed by atoms with E-state index in [9.17, 15) is 23.1 Å². The lowest BCUT2D eigenvalue weighted by Gasteiger charge is -2.16. The first kappa shape index (κ1) is 20.4. The summed E-state index contributed by atoms with van der Waals surface area (Å²) in [4.78, 5) is 24.4. The number of carboxylic acid groups (broad SMARTS) is 1. The zero-order valence-electron chi connectivity index (χ0n) is 14.8. The summed E-state index contributed by atoms with van der Waals surface area (Å²) in [6.07, 6.45) is 0.675. The molecule has 2 aromatic carbocycles. The van der Waals surface area contributed by atoms with Gasteiger partial charge in [0.25, 0.3) is 10.0 Å². The smallest absolute Gasteiger partial charge is 0.339 e. The molecule has 0 aliphatic heterocycles. The van der Waals surface area contributed by atoms with Crippen LogP contribution in [0.25, 0.3) is 0 Å². The van der Waals surface area contributed by atoms with Crippen molar-refractivity contribution in [3.8, 4) is 5.75 Å². The van der Waals surface area contributed by atoms with E-state index in [0.29, 0.717) is 17.0 Å². The average Bonchev–Trinajstić information content (AvgIpc) is 3.16. The molecule has 3 aromatic rings. The van der Waals surface area contributed by atoms with Crippen molar-refractivity contribution in [1.29, 1.82) is 0 Å². The zero-order chi connectivity index (χ0) is 21.0. The minimum atomic E-state index is -3.95. The number of para-hydroxylation sites is 1. The van der Waals surface area contributed by atoms with Gasteiger partial charge in [-0.05, 0) is 36.4 Å². The number of rotatable bonds is 8. The number of aromatic hydroxyl groups is 1. The lowest BCUT2D eigenvalue weighted by Crippen LogP contribution is -2.19. The minimum absolute atomic E-state index is 0.0215. The molecular formula is C19H16N2O6S2. The molecule has 3 N–H and O–H groups in total. The number of hydrogen-bond acceptors (Lipinski definition) is 6. The van der Waals surface area contributed by atoms with Gasteiger partial charge in [-0.3, -0.25) is 9.52 Å². The highest BCUT2D eigenvalue weighted by molar-refractivity contribution is 7.94. The first-order valence-electron chi connectivity index (χ1n) is 8.25. The third kappa shape index (κ3) is 4.73. The lowest BCUT2D eigenvalue weighted by atomic mass is 10.2. The van der Waals surface area contributed by atoms with Crippen LogP contribution in [-0.2, 0) is 21.4 Å². The Morgan fingerprint density at radius 2 is 1.83 bits per heavy atom. The van der Waals surface area contributed by atoms with Gasteiger partial charge < -0.3 is 15.1 Å². The maximum Gasteiger partial charge on any atom is 0.339 e. The number of hydrogen-bond donors (Lipinski definition) is 3. The third-order valence-corrected chi connectivity index (χ3v) is 6.87. The molecule has 1 heterocycles. The highest BCUT2D eigenvalue weighted by atomic mass is 32.2. The largest absolute Gasteiger partial charge is 0.507 e. The fraction of sp³-hybridized carbons (Fsp3) is 0.0526. The molecule has 29 heavy (non-hydrogen) atoms. The number of sulfonamides is 1. The maximum absolute atomic E-state index is 12.6. The van der Waals surface area contributed by atoms with Crippen molar-refractivity contribution in [2.24, 2.45) is 0 Å². The Kier molecular flexibility index (Phi) is 5.85. The van der Waals surface area contributed by atoms with E-state index in [1.165, 1.54) is 17.0 Å². The molecule has 3 rings (SSSR count). The van der Waals surface area contributed by atoms with Crippen LogP contribution < -0.4 is 9.62 Å². The van der Waals surface area contributed by atoms with Crippen LogP contribution in [0.3, 0.4) is 0 Å². The van der Waals surface area contributed by atoms with Crippen molar-refractivity contribution in [1.82, 2.24) is 0 Å². The molecule has 1 amide bonds. The highest BCUT2D eigenvalue weighted by Crippen LogP contribution is 2.28. The van der Waals surface area contributed by atoms with Gasteiger partial charge in [-0.1, -0.05) is 18.2 Å². The van der Waals surface area contributed by atoms with Gasteiger partial charge in [0.1, 0.15) is 15.5 Å². The molecule has 0 fully saturated rings. The summed E-state index contributed by atoms with van der Waals surface area (Å²) in [5.41, 5.74) is 0.384. The van der Waals surface area contributed by atoms with Crippen molar-refractivity contribution in [2.45, 2.75) is 10.8 Å². The molecule has 0 aliphatic rings. The van der Waals surface area contributed by atoms with Crippen molar-refractivity contribution in [3.63, 3.8) is 0 Å². The Bertz CT molecular complexity index is 1140. The number of aromatic carboxylic acids is 1. The second kappa shape index (κ2) is 8.33. The highest BCUT2D eigenvalue weighted by Gasteiger charge is 2.19. The van der Waals surface area contributed by atoms with E-state index >= 15 is 0 Å². The monoisotopic (exact) mass is 432 g/mol. The molecule has 0 unspecified atom stereocenters. The van der Waals surface area contributed by atoms with E-state index in [-0.39, 0.29) is 22.0 Å². The van der Waals surface area contributed by atoms with Gasteiger partial charge in [-0.15, -0.1) is 11.3 Å². The number of carboxylic acids is 1. The molecule has 150 valence electrons. The van der Waals surface area contributed by atoms with E-state index < -0.39 is 21.7 Å². The molecule has 0 aliphatic carbocycles. The maximum atomic E-state index is 12.6. The van der Waals surface area contributed by atoms with Crippen LogP contribution in [-0.4, -0.2) is 31.0 Å². The Morgan fingerprint density at radius 1 is 1.10 bits per heavy atom. The summed E-state index contributed by atoms with van der Waals surface area (Å²) in [5, 5.41) is 18.6. The summed E-state index contributed by atoms with van der Waals surface area (Å²) < 4.78 is 27.5. The summed E-state index contributed by atoms with van der Waals surface area (Å²) in [6, 6.07) is 15.4. The van der Waals surface area contributed by atoms with Crippen LogP contribution >= 0.6 is 11.3 Å². The zero-order valence-corrected chi connectivity index (χ0v) is 16.5. The number of nitrogens with one attached hydrogen (secondary N) is 1. The van der Waals surface area contributed by atoms with Crippen LogP contribution in [0, 0.1) is 0 Å². The standard InChI is InChI=1S/C19H16N2O6S2/c22-12-21(14-4-2-1-3-5-14)11-15-7-9-18(28-15)29(26,27)20-13-6-8-16(19(24)25)17(23)10-13/h1-10,12,20,23H,11H2,(H,24,25). The quantitative estimate of drug-likeness (QED) is 0.470. The summed E-state index contributed by atoms with van der Waals surface area (Å²) in [6.45, 7) is 0.210. The summed E-state index contributed by atoms with van der Waals surface area (Å²) in [7, 11) is -3.95. The lowest BCUT2D eigenvalue weighted by molar-refractivity contribution is -0.107. The Balaban J connectivity index is 1.77. The number of nitrogens with zero attached hydrogens (tertiary/aromatic N) is 1. The molecule has 10 heteroatoms. The van der Waals surface area contributed by atoms with Crippen LogP contribution in [0.1, 0.15) is 15.2 Å². The predicted molar refractivity (Wildman–Crippen MR) is 109 cm³/mol. The number of benzene rings is 2. The van der Waals surface area contributed by atoms with E-state index in [1.807, 2.05) is 6.07 Å². The normalized spacial score (nSPS) is 11.0. The topological polar surface area (TPSA) is 124 Å². The third-order valence-electron chi connectivity index (χ3n) is 3.92. The second-order valence-corrected chi connectivity index (χ2v) is 9.01. The summed E-state index contributed by atoms with van der Waals surface area (Å²) >= 11 is 1.00.